The van der Waals surface area contributed by atoms with E-state index >= 15 is 0 Å². The maximum absolute atomic E-state index is 11.0. The molecule has 20 heavy (non-hydrogen) atoms. The summed E-state index contributed by atoms with van der Waals surface area (Å²) in [6, 6.07) is 1.69. The van der Waals surface area contributed by atoms with Crippen LogP contribution in [-0.4, -0.2) is 22.6 Å². The minimum absolute atomic E-state index is 0. The van der Waals surface area contributed by atoms with Crippen molar-refractivity contribution in [3.8, 4) is 0 Å². The number of carboxylic acids is 1. The third-order valence-electron chi connectivity index (χ3n) is 3.90. The van der Waals surface area contributed by atoms with Crippen LogP contribution in [0.1, 0.15) is 28.0 Å². The summed E-state index contributed by atoms with van der Waals surface area (Å²) in [5, 5.41) is 12.4. The van der Waals surface area contributed by atoms with Gasteiger partial charge in [0.15, 0.2) is 0 Å². The molecule has 0 spiro atoms. The zero-order valence-electron chi connectivity index (χ0n) is 10.6. The van der Waals surface area contributed by atoms with Crippen LogP contribution < -0.4 is 5.32 Å². The Hall–Kier alpha value is -2.07. The minimum atomic E-state index is -0.936. The van der Waals surface area contributed by atoms with Crippen LogP contribution >= 0.6 is 12.4 Å². The molecule has 1 aromatic heterocycles. The third kappa shape index (κ3) is 1.76. The molecule has 1 aromatic rings. The highest BCUT2D eigenvalue weighted by atomic mass is 35.5. The molecule has 0 aromatic carbocycles. The van der Waals surface area contributed by atoms with Crippen molar-refractivity contribution in [2.24, 2.45) is 5.92 Å². The number of nitrogens with one attached hydrogen (secondary N) is 1. The molecular weight excluding hydrogens is 276 g/mol. The van der Waals surface area contributed by atoms with Gasteiger partial charge in [0.05, 0.1) is 11.3 Å². The van der Waals surface area contributed by atoms with E-state index in [9.17, 15) is 4.79 Å². The molecule has 5 heteroatoms. The molecule has 3 aliphatic rings. The van der Waals surface area contributed by atoms with E-state index in [1.807, 2.05) is 6.08 Å². The van der Waals surface area contributed by atoms with Gasteiger partial charge in [-0.1, -0.05) is 6.08 Å². The molecule has 0 bridgehead atoms. The van der Waals surface area contributed by atoms with Crippen LogP contribution in [0.15, 0.2) is 35.7 Å². The number of rotatable bonds is 1. The van der Waals surface area contributed by atoms with Crippen LogP contribution in [0.3, 0.4) is 0 Å². The van der Waals surface area contributed by atoms with Gasteiger partial charge in [0.25, 0.3) is 0 Å². The van der Waals surface area contributed by atoms with Crippen LogP contribution in [0.25, 0.3) is 11.6 Å². The van der Waals surface area contributed by atoms with Gasteiger partial charge in [0.2, 0.25) is 0 Å². The van der Waals surface area contributed by atoms with Gasteiger partial charge in [-0.25, -0.2) is 4.79 Å². The lowest BCUT2D eigenvalue weighted by Crippen LogP contribution is -2.09. The SMILES string of the molecule is Cl.O=C(O)c1cnc2c(c1)C=C1C=C3NCCC3C=C12. The Labute approximate surface area is 122 Å². The molecule has 1 saturated heterocycles. The van der Waals surface area contributed by atoms with Gasteiger partial charge in [-0.05, 0) is 30.2 Å². The molecule has 4 nitrogen and oxygen atoms in total. The summed E-state index contributed by atoms with van der Waals surface area (Å²) in [7, 11) is 0. The molecule has 2 N–H and O–H groups in total. The van der Waals surface area contributed by atoms with Crippen LogP contribution in [-0.2, 0) is 0 Å². The zero-order valence-corrected chi connectivity index (χ0v) is 11.4. The van der Waals surface area contributed by atoms with Gasteiger partial charge < -0.3 is 10.4 Å². The highest BCUT2D eigenvalue weighted by molar-refractivity contribution is 5.98. The molecule has 4 rings (SSSR count). The van der Waals surface area contributed by atoms with Crippen molar-refractivity contribution in [2.45, 2.75) is 6.42 Å². The van der Waals surface area contributed by atoms with Gasteiger partial charge in [0, 0.05) is 35.5 Å². The Balaban J connectivity index is 0.00000121. The third-order valence-corrected chi connectivity index (χ3v) is 3.90. The van der Waals surface area contributed by atoms with Gasteiger partial charge in [-0.2, -0.15) is 0 Å². The summed E-state index contributed by atoms with van der Waals surface area (Å²) >= 11 is 0. The topological polar surface area (TPSA) is 62.2 Å². The van der Waals surface area contributed by atoms with E-state index in [1.165, 1.54) is 11.9 Å². The lowest BCUT2D eigenvalue weighted by atomic mass is 9.91. The summed E-state index contributed by atoms with van der Waals surface area (Å²) in [6.45, 7) is 1.02. The summed E-state index contributed by atoms with van der Waals surface area (Å²) < 4.78 is 0. The second kappa shape index (κ2) is 4.49. The molecule has 1 aliphatic heterocycles. The second-order valence-electron chi connectivity index (χ2n) is 5.07. The Morgan fingerprint density at radius 3 is 3.05 bits per heavy atom. The second-order valence-corrected chi connectivity index (χ2v) is 5.07. The maximum atomic E-state index is 11.0. The van der Waals surface area contributed by atoms with E-state index in [0.29, 0.717) is 5.92 Å². The number of pyridine rings is 1. The van der Waals surface area contributed by atoms with Crippen LogP contribution in [0, 0.1) is 5.92 Å². The van der Waals surface area contributed by atoms with Gasteiger partial charge in [-0.3, -0.25) is 4.98 Å². The summed E-state index contributed by atoms with van der Waals surface area (Å²) in [4.78, 5) is 15.3. The molecule has 1 unspecified atom stereocenters. The summed E-state index contributed by atoms with van der Waals surface area (Å²) in [5.41, 5.74) is 5.58. The number of hydrogen-bond acceptors (Lipinski definition) is 3. The Morgan fingerprint density at radius 2 is 2.25 bits per heavy atom. The summed E-state index contributed by atoms with van der Waals surface area (Å²) in [5.74, 6) is -0.478. The average Bonchev–Trinajstić information content (AvgIpc) is 2.97. The van der Waals surface area contributed by atoms with Crippen molar-refractivity contribution in [3.05, 3.63) is 52.5 Å². The fraction of sp³-hybridized carbons (Fsp3) is 0.200. The number of fused-ring (bicyclic) bond motifs is 4. The fourth-order valence-corrected chi connectivity index (χ4v) is 2.97. The highest BCUT2D eigenvalue weighted by Crippen LogP contribution is 2.41. The van der Waals surface area contributed by atoms with Crippen molar-refractivity contribution in [1.82, 2.24) is 10.3 Å². The number of carbonyl (C=O) groups is 1. The van der Waals surface area contributed by atoms with E-state index in [0.717, 1.165) is 35.4 Å². The van der Waals surface area contributed by atoms with Crippen molar-refractivity contribution in [3.63, 3.8) is 0 Å². The van der Waals surface area contributed by atoms with Crippen molar-refractivity contribution in [2.75, 3.05) is 6.54 Å². The van der Waals surface area contributed by atoms with Gasteiger partial charge in [-0.15, -0.1) is 12.4 Å². The Bertz CT molecular complexity index is 704. The first-order valence-electron chi connectivity index (χ1n) is 6.35. The number of aromatic carboxylic acids is 1. The first-order chi connectivity index (χ1) is 9.22. The van der Waals surface area contributed by atoms with E-state index in [-0.39, 0.29) is 18.0 Å². The molecule has 2 aliphatic carbocycles. The normalized spacial score (nSPS) is 21.4. The van der Waals surface area contributed by atoms with E-state index in [2.05, 4.69) is 22.5 Å². The van der Waals surface area contributed by atoms with Gasteiger partial charge in [0.1, 0.15) is 0 Å². The molecular formula is C15H13ClN2O2. The maximum Gasteiger partial charge on any atom is 0.337 e. The highest BCUT2D eigenvalue weighted by Gasteiger charge is 2.29. The van der Waals surface area contributed by atoms with Crippen molar-refractivity contribution >= 4 is 30.0 Å². The molecule has 102 valence electrons. The molecule has 0 saturated carbocycles. The van der Waals surface area contributed by atoms with Crippen molar-refractivity contribution < 1.29 is 9.90 Å². The monoisotopic (exact) mass is 288 g/mol. The number of carboxylic acid groups (broad SMARTS) is 1. The predicted molar refractivity (Wildman–Crippen MR) is 78.6 cm³/mol. The van der Waals surface area contributed by atoms with Crippen LogP contribution in [0.2, 0.25) is 0 Å². The lowest BCUT2D eigenvalue weighted by molar-refractivity contribution is 0.0696. The largest absolute Gasteiger partial charge is 0.478 e. The Morgan fingerprint density at radius 1 is 1.40 bits per heavy atom. The smallest absolute Gasteiger partial charge is 0.337 e. The van der Waals surface area contributed by atoms with Crippen molar-refractivity contribution in [1.29, 1.82) is 0 Å². The molecule has 2 heterocycles. The molecule has 1 fully saturated rings. The first-order valence-corrected chi connectivity index (χ1v) is 6.35. The molecule has 1 atom stereocenters. The predicted octanol–water partition coefficient (Wildman–Crippen LogP) is 2.49. The number of aromatic nitrogens is 1. The lowest BCUT2D eigenvalue weighted by Gasteiger charge is -2.16. The quantitative estimate of drug-likeness (QED) is 0.833. The summed E-state index contributed by atoms with van der Waals surface area (Å²) in [6.07, 6.45) is 8.98. The van der Waals surface area contributed by atoms with E-state index in [4.69, 9.17) is 5.11 Å². The van der Waals surface area contributed by atoms with E-state index in [1.54, 1.807) is 6.07 Å². The van der Waals surface area contributed by atoms with Crippen LogP contribution in [0.4, 0.5) is 0 Å². The number of hydrogen-bond donors (Lipinski definition) is 2. The van der Waals surface area contributed by atoms with Crippen LogP contribution in [0.5, 0.6) is 0 Å². The first kappa shape index (κ1) is 12.9. The van der Waals surface area contributed by atoms with E-state index < -0.39 is 5.97 Å². The Kier molecular flexibility index (Phi) is 2.91. The standard InChI is InChI=1S/C15H12N2O2.ClH/c18-15(19)11-4-10-3-9-6-13-8(1-2-16-13)5-12(9)14(10)17-7-11;/h3-8,16H,1-2H2,(H,18,19);1H. The zero-order chi connectivity index (χ0) is 13.0. The molecule has 0 radical (unpaired) electrons. The fourth-order valence-electron chi connectivity index (χ4n) is 2.97. The average molecular weight is 289 g/mol. The molecule has 0 amide bonds. The minimum Gasteiger partial charge on any atom is -0.478 e. The number of halogens is 1. The number of allylic oxidation sites excluding steroid dienone is 4. The number of nitrogens with zero attached hydrogens (tertiary/aromatic N) is 1. The van der Waals surface area contributed by atoms with Gasteiger partial charge >= 0.3 is 5.97 Å².